The van der Waals surface area contributed by atoms with E-state index in [2.05, 4.69) is 0 Å². The fourth-order valence-electron chi connectivity index (χ4n) is 2.32. The second-order valence-corrected chi connectivity index (χ2v) is 5.91. The zero-order chi connectivity index (χ0) is 14.5. The number of nitrogens with zero attached hydrogens (tertiary/aromatic N) is 1. The second kappa shape index (κ2) is 7.04. The molecular formula is C14H17F2NO2S. The fourth-order valence-corrected chi connectivity index (χ4v) is 3.18. The van der Waals surface area contributed by atoms with Crippen LogP contribution in [0.3, 0.4) is 0 Å². The smallest absolute Gasteiger partial charge is 0.223 e. The van der Waals surface area contributed by atoms with Crippen LogP contribution in [0.4, 0.5) is 8.78 Å². The number of benzene rings is 1. The predicted octanol–water partition coefficient (Wildman–Crippen LogP) is 2.43. The van der Waals surface area contributed by atoms with Gasteiger partial charge in [0, 0.05) is 23.6 Å². The molecule has 1 atom stereocenters. The lowest BCUT2D eigenvalue weighted by atomic mass is 10.2. The molecular weight excluding hydrogens is 284 g/mol. The van der Waals surface area contributed by atoms with Gasteiger partial charge in [-0.05, 0) is 31.0 Å². The summed E-state index contributed by atoms with van der Waals surface area (Å²) in [5.41, 5.74) is 0. The maximum Gasteiger partial charge on any atom is 0.223 e. The molecule has 6 heteroatoms. The summed E-state index contributed by atoms with van der Waals surface area (Å²) in [7, 11) is 0. The minimum atomic E-state index is -0.874. The molecule has 1 fully saturated rings. The van der Waals surface area contributed by atoms with Crippen LogP contribution in [0, 0.1) is 11.6 Å². The average Bonchev–Trinajstić information content (AvgIpc) is 2.91. The molecule has 0 spiro atoms. The highest BCUT2D eigenvalue weighted by Gasteiger charge is 2.27. The molecule has 1 aromatic rings. The SMILES string of the molecule is O=C(CCSc1ccc(F)c(F)c1)N1CCCC1CO. The van der Waals surface area contributed by atoms with Crippen molar-refractivity contribution < 1.29 is 18.7 Å². The van der Waals surface area contributed by atoms with Crippen LogP contribution in [-0.2, 0) is 4.79 Å². The van der Waals surface area contributed by atoms with Crippen LogP contribution in [0.15, 0.2) is 23.1 Å². The van der Waals surface area contributed by atoms with E-state index in [0.717, 1.165) is 25.0 Å². The summed E-state index contributed by atoms with van der Waals surface area (Å²) >= 11 is 1.32. The molecule has 0 saturated carbocycles. The van der Waals surface area contributed by atoms with E-state index in [0.29, 0.717) is 23.6 Å². The summed E-state index contributed by atoms with van der Waals surface area (Å²) in [6.45, 7) is 0.696. The van der Waals surface area contributed by atoms with Gasteiger partial charge in [0.25, 0.3) is 0 Å². The summed E-state index contributed by atoms with van der Waals surface area (Å²) in [5.74, 6) is -1.22. The molecule has 110 valence electrons. The Hall–Kier alpha value is -1.14. The van der Waals surface area contributed by atoms with Crippen molar-refractivity contribution in [3.63, 3.8) is 0 Å². The Balaban J connectivity index is 1.80. The lowest BCUT2D eigenvalue weighted by Gasteiger charge is -2.22. The van der Waals surface area contributed by atoms with E-state index < -0.39 is 11.6 Å². The minimum Gasteiger partial charge on any atom is -0.394 e. The predicted molar refractivity (Wildman–Crippen MR) is 73.5 cm³/mol. The van der Waals surface area contributed by atoms with Crippen molar-refractivity contribution in [3.05, 3.63) is 29.8 Å². The summed E-state index contributed by atoms with van der Waals surface area (Å²) < 4.78 is 25.8. The Morgan fingerprint density at radius 1 is 1.40 bits per heavy atom. The van der Waals surface area contributed by atoms with Crippen LogP contribution in [0.5, 0.6) is 0 Å². The zero-order valence-electron chi connectivity index (χ0n) is 11.0. The molecule has 1 amide bonds. The lowest BCUT2D eigenvalue weighted by molar-refractivity contribution is -0.132. The van der Waals surface area contributed by atoms with E-state index in [-0.39, 0.29) is 18.6 Å². The molecule has 0 radical (unpaired) electrons. The number of carbonyl (C=O) groups is 1. The van der Waals surface area contributed by atoms with Crippen molar-refractivity contribution in [1.29, 1.82) is 0 Å². The highest BCUT2D eigenvalue weighted by atomic mass is 32.2. The van der Waals surface area contributed by atoms with Crippen molar-refractivity contribution >= 4 is 17.7 Å². The van der Waals surface area contributed by atoms with Gasteiger partial charge in [0.05, 0.1) is 12.6 Å². The third-order valence-corrected chi connectivity index (χ3v) is 4.38. The third kappa shape index (κ3) is 3.70. The summed E-state index contributed by atoms with van der Waals surface area (Å²) in [4.78, 5) is 14.3. The lowest BCUT2D eigenvalue weighted by Crippen LogP contribution is -2.37. The highest BCUT2D eigenvalue weighted by molar-refractivity contribution is 7.99. The first-order valence-corrected chi connectivity index (χ1v) is 7.58. The van der Waals surface area contributed by atoms with Crippen LogP contribution in [0.2, 0.25) is 0 Å². The van der Waals surface area contributed by atoms with Gasteiger partial charge in [0.2, 0.25) is 5.91 Å². The van der Waals surface area contributed by atoms with Gasteiger partial charge in [-0.1, -0.05) is 0 Å². The number of rotatable bonds is 5. The van der Waals surface area contributed by atoms with E-state index in [1.165, 1.54) is 17.8 Å². The van der Waals surface area contributed by atoms with Crippen LogP contribution in [0.25, 0.3) is 0 Å². The third-order valence-electron chi connectivity index (χ3n) is 3.38. The Labute approximate surface area is 121 Å². The van der Waals surface area contributed by atoms with Gasteiger partial charge < -0.3 is 10.0 Å². The normalized spacial score (nSPS) is 18.6. The van der Waals surface area contributed by atoms with E-state index in [9.17, 15) is 13.6 Å². The number of carbonyl (C=O) groups excluding carboxylic acids is 1. The quantitative estimate of drug-likeness (QED) is 0.849. The first-order valence-electron chi connectivity index (χ1n) is 6.60. The molecule has 20 heavy (non-hydrogen) atoms. The van der Waals surface area contributed by atoms with E-state index in [1.807, 2.05) is 0 Å². The van der Waals surface area contributed by atoms with E-state index >= 15 is 0 Å². The number of hydrogen-bond acceptors (Lipinski definition) is 3. The molecule has 1 N–H and O–H groups in total. The Kier molecular flexibility index (Phi) is 5.37. The highest BCUT2D eigenvalue weighted by Crippen LogP contribution is 2.23. The van der Waals surface area contributed by atoms with Crippen LogP contribution in [-0.4, -0.2) is 40.9 Å². The molecule has 1 aliphatic heterocycles. The van der Waals surface area contributed by atoms with Gasteiger partial charge in [0.15, 0.2) is 11.6 Å². The van der Waals surface area contributed by atoms with Crippen LogP contribution >= 0.6 is 11.8 Å². The maximum absolute atomic E-state index is 13.0. The topological polar surface area (TPSA) is 40.5 Å². The van der Waals surface area contributed by atoms with Crippen LogP contribution in [0.1, 0.15) is 19.3 Å². The first kappa shape index (κ1) is 15.3. The van der Waals surface area contributed by atoms with Gasteiger partial charge in [-0.2, -0.15) is 0 Å². The van der Waals surface area contributed by atoms with Gasteiger partial charge >= 0.3 is 0 Å². The molecule has 2 rings (SSSR count). The summed E-state index contributed by atoms with van der Waals surface area (Å²) in [6.07, 6.45) is 2.10. The number of thioether (sulfide) groups is 1. The van der Waals surface area contributed by atoms with Crippen molar-refractivity contribution in [1.82, 2.24) is 4.90 Å². The molecule has 1 heterocycles. The molecule has 0 aromatic heterocycles. The number of hydrogen-bond donors (Lipinski definition) is 1. The largest absolute Gasteiger partial charge is 0.394 e. The number of aliphatic hydroxyl groups excluding tert-OH is 1. The Morgan fingerprint density at radius 2 is 2.20 bits per heavy atom. The fraction of sp³-hybridized carbons (Fsp3) is 0.500. The number of aliphatic hydroxyl groups is 1. The monoisotopic (exact) mass is 301 g/mol. The molecule has 1 aliphatic rings. The summed E-state index contributed by atoms with van der Waals surface area (Å²) in [5, 5.41) is 9.17. The summed E-state index contributed by atoms with van der Waals surface area (Å²) in [6, 6.07) is 3.66. The number of amides is 1. The molecule has 0 bridgehead atoms. The average molecular weight is 301 g/mol. The van der Waals surface area contributed by atoms with Gasteiger partial charge in [-0.3, -0.25) is 4.79 Å². The molecule has 0 aliphatic carbocycles. The van der Waals surface area contributed by atoms with E-state index in [1.54, 1.807) is 4.90 Å². The van der Waals surface area contributed by atoms with Gasteiger partial charge in [-0.15, -0.1) is 11.8 Å². The van der Waals surface area contributed by atoms with E-state index in [4.69, 9.17) is 5.11 Å². The molecule has 1 saturated heterocycles. The molecule has 1 aromatic carbocycles. The van der Waals surface area contributed by atoms with Crippen molar-refractivity contribution in [2.75, 3.05) is 18.9 Å². The van der Waals surface area contributed by atoms with Gasteiger partial charge in [0.1, 0.15) is 0 Å². The zero-order valence-corrected chi connectivity index (χ0v) is 11.8. The molecule has 1 unspecified atom stereocenters. The van der Waals surface area contributed by atoms with Gasteiger partial charge in [-0.25, -0.2) is 8.78 Å². The first-order chi connectivity index (χ1) is 9.61. The maximum atomic E-state index is 13.0. The number of likely N-dealkylation sites (tertiary alicyclic amines) is 1. The second-order valence-electron chi connectivity index (χ2n) is 4.74. The standard InChI is InChI=1S/C14H17F2NO2S/c15-12-4-3-11(8-13(12)16)20-7-5-14(19)17-6-1-2-10(17)9-18/h3-4,8,10,18H,1-2,5-7,9H2. The Morgan fingerprint density at radius 3 is 2.90 bits per heavy atom. The number of halogens is 2. The van der Waals surface area contributed by atoms with Crippen molar-refractivity contribution in [2.45, 2.75) is 30.2 Å². The minimum absolute atomic E-state index is 0.00204. The van der Waals surface area contributed by atoms with Crippen molar-refractivity contribution in [2.24, 2.45) is 0 Å². The van der Waals surface area contributed by atoms with Crippen molar-refractivity contribution in [3.8, 4) is 0 Å². The van der Waals surface area contributed by atoms with Crippen LogP contribution < -0.4 is 0 Å². The molecule has 3 nitrogen and oxygen atoms in total. The Bertz CT molecular complexity index is 484.